The Hall–Kier alpha value is -0.610. The molecule has 2 heterocycles. The number of aryl methyl sites for hydroxylation is 1. The first-order valence-electron chi connectivity index (χ1n) is 3.91. The van der Waals surface area contributed by atoms with Crippen LogP contribution in [0.4, 0.5) is 0 Å². The van der Waals surface area contributed by atoms with Gasteiger partial charge in [0.2, 0.25) is 0 Å². The highest BCUT2D eigenvalue weighted by Crippen LogP contribution is 2.24. The molecule has 0 amide bonds. The summed E-state index contributed by atoms with van der Waals surface area (Å²) in [5, 5.41) is 0.474. The van der Waals surface area contributed by atoms with E-state index < -0.39 is 0 Å². The van der Waals surface area contributed by atoms with Gasteiger partial charge < -0.3 is 0 Å². The summed E-state index contributed by atoms with van der Waals surface area (Å²) in [7, 11) is 0. The highest BCUT2D eigenvalue weighted by molar-refractivity contribution is 9.10. The molecule has 2 aromatic heterocycles. The summed E-state index contributed by atoms with van der Waals surface area (Å²) in [5.41, 5.74) is 0.834. The molecule has 0 aliphatic carbocycles. The zero-order valence-corrected chi connectivity index (χ0v) is 9.30. The van der Waals surface area contributed by atoms with Crippen LogP contribution in [0.25, 0.3) is 5.52 Å². The average molecular weight is 261 g/mol. The maximum absolute atomic E-state index is 5.93. The first-order chi connectivity index (χ1) is 6.24. The van der Waals surface area contributed by atoms with Crippen LogP contribution in [0.2, 0.25) is 5.15 Å². The Bertz CT molecular complexity index is 452. The second-order valence-electron chi connectivity index (χ2n) is 2.61. The van der Waals surface area contributed by atoms with Crippen molar-refractivity contribution < 1.29 is 0 Å². The van der Waals surface area contributed by atoms with Gasteiger partial charge in [-0.1, -0.05) is 18.5 Å². The smallest absolute Gasteiger partial charge is 0.155 e. The van der Waals surface area contributed by atoms with Crippen molar-refractivity contribution in [1.82, 2.24) is 14.4 Å². The van der Waals surface area contributed by atoms with Crippen LogP contribution in [0.1, 0.15) is 12.7 Å². The molecule has 0 aliphatic rings. The summed E-state index contributed by atoms with van der Waals surface area (Å²) < 4.78 is 2.70. The van der Waals surface area contributed by atoms with E-state index >= 15 is 0 Å². The number of aromatic nitrogens is 3. The fourth-order valence-corrected chi connectivity index (χ4v) is 2.20. The van der Waals surface area contributed by atoms with E-state index in [2.05, 4.69) is 32.8 Å². The normalized spacial score (nSPS) is 11.0. The minimum atomic E-state index is 0.474. The molecule has 0 aromatic carbocycles. The largest absolute Gasteiger partial charge is 0.298 e. The van der Waals surface area contributed by atoms with Crippen molar-refractivity contribution in [3.8, 4) is 0 Å². The molecule has 3 nitrogen and oxygen atoms in total. The lowest BCUT2D eigenvalue weighted by atomic mass is 10.4. The van der Waals surface area contributed by atoms with Gasteiger partial charge in [0.1, 0.15) is 15.9 Å². The molecule has 0 atom stereocenters. The third kappa shape index (κ3) is 1.34. The molecule has 0 aliphatic heterocycles. The second-order valence-corrected chi connectivity index (χ2v) is 3.72. The quantitative estimate of drug-likeness (QED) is 0.789. The first kappa shape index (κ1) is 8.97. The number of halogens is 2. The molecule has 2 rings (SSSR count). The van der Waals surface area contributed by atoms with Gasteiger partial charge in [0.25, 0.3) is 0 Å². The zero-order chi connectivity index (χ0) is 9.42. The van der Waals surface area contributed by atoms with Crippen LogP contribution in [0.15, 0.2) is 17.0 Å². The van der Waals surface area contributed by atoms with Crippen LogP contribution in [0, 0.1) is 0 Å². The lowest BCUT2D eigenvalue weighted by Gasteiger charge is -1.97. The summed E-state index contributed by atoms with van der Waals surface area (Å²) in [4.78, 5) is 8.31. The Balaban J connectivity index is 2.87. The fraction of sp³-hybridized carbons (Fsp3) is 0.250. The number of imidazole rings is 1. The third-order valence-corrected chi connectivity index (χ3v) is 2.69. The van der Waals surface area contributed by atoms with Gasteiger partial charge in [-0.25, -0.2) is 9.97 Å². The Morgan fingerprint density at radius 3 is 3.08 bits per heavy atom. The molecule has 0 unspecified atom stereocenters. The number of hydrogen-bond donors (Lipinski definition) is 0. The molecule has 13 heavy (non-hydrogen) atoms. The Labute approximate surface area is 88.9 Å². The van der Waals surface area contributed by atoms with Gasteiger partial charge in [-0.05, 0) is 15.9 Å². The van der Waals surface area contributed by atoms with Crippen LogP contribution in [-0.4, -0.2) is 14.4 Å². The van der Waals surface area contributed by atoms with E-state index in [-0.39, 0.29) is 0 Å². The molecule has 0 spiro atoms. The number of hydrogen-bond acceptors (Lipinski definition) is 2. The molecule has 5 heteroatoms. The Morgan fingerprint density at radius 1 is 1.62 bits per heavy atom. The van der Waals surface area contributed by atoms with E-state index in [1.807, 2.05) is 10.6 Å². The maximum Gasteiger partial charge on any atom is 0.155 e. The van der Waals surface area contributed by atoms with E-state index in [1.54, 1.807) is 6.20 Å². The van der Waals surface area contributed by atoms with E-state index in [0.717, 1.165) is 22.4 Å². The lowest BCUT2D eigenvalue weighted by Crippen LogP contribution is -1.92. The summed E-state index contributed by atoms with van der Waals surface area (Å²) in [6.45, 7) is 2.05. The van der Waals surface area contributed by atoms with Gasteiger partial charge in [0.15, 0.2) is 5.15 Å². The van der Waals surface area contributed by atoms with Crippen molar-refractivity contribution in [2.24, 2.45) is 0 Å². The SMILES string of the molecule is CCc1nc(Br)c2c(Cl)nccn12. The van der Waals surface area contributed by atoms with Gasteiger partial charge in [-0.3, -0.25) is 4.40 Å². The summed E-state index contributed by atoms with van der Waals surface area (Å²) in [5.74, 6) is 0.978. The highest BCUT2D eigenvalue weighted by Gasteiger charge is 2.10. The molecular formula is C8H7BrClN3. The number of fused-ring (bicyclic) bond motifs is 1. The van der Waals surface area contributed by atoms with Gasteiger partial charge in [-0.15, -0.1) is 0 Å². The molecule has 0 fully saturated rings. The van der Waals surface area contributed by atoms with Crippen LogP contribution in [0.3, 0.4) is 0 Å². The number of rotatable bonds is 1. The minimum Gasteiger partial charge on any atom is -0.298 e. The van der Waals surface area contributed by atoms with Gasteiger partial charge in [0.05, 0.1) is 0 Å². The van der Waals surface area contributed by atoms with Crippen LogP contribution >= 0.6 is 27.5 Å². The molecule has 0 bridgehead atoms. The van der Waals surface area contributed by atoms with Crippen molar-refractivity contribution in [2.75, 3.05) is 0 Å². The summed E-state index contributed by atoms with van der Waals surface area (Å²) in [6.07, 6.45) is 4.40. The predicted molar refractivity (Wildman–Crippen MR) is 55.1 cm³/mol. The molecule has 0 saturated carbocycles. The fourth-order valence-electron chi connectivity index (χ4n) is 1.27. The molecule has 0 saturated heterocycles. The molecule has 0 radical (unpaired) electrons. The van der Waals surface area contributed by atoms with Crippen molar-refractivity contribution in [3.05, 3.63) is 28.0 Å². The van der Waals surface area contributed by atoms with Crippen molar-refractivity contribution >= 4 is 33.0 Å². The Morgan fingerprint density at radius 2 is 2.38 bits per heavy atom. The molecule has 0 N–H and O–H groups in total. The topological polar surface area (TPSA) is 30.2 Å². The predicted octanol–water partition coefficient (Wildman–Crippen LogP) is 2.71. The van der Waals surface area contributed by atoms with Crippen molar-refractivity contribution in [3.63, 3.8) is 0 Å². The zero-order valence-electron chi connectivity index (χ0n) is 6.96. The molecular weight excluding hydrogens is 253 g/mol. The van der Waals surface area contributed by atoms with E-state index in [9.17, 15) is 0 Å². The average Bonchev–Trinajstić information content (AvgIpc) is 2.44. The van der Waals surface area contributed by atoms with Gasteiger partial charge in [-0.2, -0.15) is 0 Å². The van der Waals surface area contributed by atoms with E-state index in [0.29, 0.717) is 5.15 Å². The van der Waals surface area contributed by atoms with Crippen LogP contribution in [-0.2, 0) is 6.42 Å². The summed E-state index contributed by atoms with van der Waals surface area (Å²) in [6, 6.07) is 0. The van der Waals surface area contributed by atoms with Crippen LogP contribution in [0.5, 0.6) is 0 Å². The summed E-state index contributed by atoms with van der Waals surface area (Å²) >= 11 is 9.28. The van der Waals surface area contributed by atoms with Gasteiger partial charge >= 0.3 is 0 Å². The number of nitrogens with zero attached hydrogens (tertiary/aromatic N) is 3. The monoisotopic (exact) mass is 259 g/mol. The lowest BCUT2D eigenvalue weighted by molar-refractivity contribution is 0.925. The van der Waals surface area contributed by atoms with E-state index in [1.165, 1.54) is 0 Å². The van der Waals surface area contributed by atoms with Crippen molar-refractivity contribution in [2.45, 2.75) is 13.3 Å². The highest BCUT2D eigenvalue weighted by atomic mass is 79.9. The molecule has 68 valence electrons. The standard InChI is InChI=1S/C8H7BrClN3/c1-2-5-12-7(9)6-8(10)11-3-4-13(5)6/h3-4H,2H2,1H3. The van der Waals surface area contributed by atoms with Crippen LogP contribution < -0.4 is 0 Å². The van der Waals surface area contributed by atoms with Gasteiger partial charge in [0, 0.05) is 18.8 Å². The Kier molecular flexibility index (Phi) is 2.26. The molecule has 2 aromatic rings. The minimum absolute atomic E-state index is 0.474. The van der Waals surface area contributed by atoms with Crippen molar-refractivity contribution in [1.29, 1.82) is 0 Å². The first-order valence-corrected chi connectivity index (χ1v) is 5.08. The third-order valence-electron chi connectivity index (χ3n) is 1.86. The van der Waals surface area contributed by atoms with E-state index in [4.69, 9.17) is 11.6 Å². The maximum atomic E-state index is 5.93. The second kappa shape index (κ2) is 3.27.